The number of hydrogen-bond donors (Lipinski definition) is 3. The lowest BCUT2D eigenvalue weighted by Crippen LogP contribution is -2.29. The predicted molar refractivity (Wildman–Crippen MR) is 124 cm³/mol. The second kappa shape index (κ2) is 11.1. The number of benzene rings is 1. The standard InChI is InChI=1S/C20H29ClN6O3S/c1-30-12-11-27-9-5-15-3-4-17(13-16(15)6-10-27)25-20-23-14-18(21)19(26-20)22-7-8-24-31(2,28)29/h3-4,13-14,24H,5-12H2,1-2H3,(H2,22,23,25,26). The summed E-state index contributed by atoms with van der Waals surface area (Å²) in [4.78, 5) is 11.1. The lowest BCUT2D eigenvalue weighted by molar-refractivity contribution is 0.150. The van der Waals surface area contributed by atoms with Gasteiger partial charge in [-0.1, -0.05) is 17.7 Å². The van der Waals surface area contributed by atoms with Crippen LogP contribution in [0.2, 0.25) is 5.02 Å². The van der Waals surface area contributed by atoms with E-state index in [1.54, 1.807) is 7.11 Å². The molecule has 0 atom stereocenters. The average molecular weight is 469 g/mol. The van der Waals surface area contributed by atoms with Gasteiger partial charge < -0.3 is 20.3 Å². The van der Waals surface area contributed by atoms with Gasteiger partial charge in [0.25, 0.3) is 0 Å². The molecule has 1 aromatic carbocycles. The number of aromatic nitrogens is 2. The first kappa shape index (κ1) is 23.7. The van der Waals surface area contributed by atoms with Crippen LogP contribution in [0, 0.1) is 0 Å². The molecule has 2 heterocycles. The molecular formula is C20H29ClN6O3S. The number of fused-ring (bicyclic) bond motifs is 1. The smallest absolute Gasteiger partial charge is 0.229 e. The van der Waals surface area contributed by atoms with Crippen LogP contribution in [0.25, 0.3) is 0 Å². The zero-order valence-corrected chi connectivity index (χ0v) is 19.4. The SMILES string of the molecule is COCCN1CCc2ccc(Nc3ncc(Cl)c(NCCNS(C)(=O)=O)n3)cc2CC1. The van der Waals surface area contributed by atoms with Gasteiger partial charge in [0.05, 0.1) is 19.1 Å². The molecular weight excluding hydrogens is 440 g/mol. The van der Waals surface area contributed by atoms with Crippen LogP contribution >= 0.6 is 11.6 Å². The lowest BCUT2D eigenvalue weighted by Gasteiger charge is -2.18. The van der Waals surface area contributed by atoms with Crippen LogP contribution in [0.3, 0.4) is 0 Å². The number of hydrogen-bond acceptors (Lipinski definition) is 8. The van der Waals surface area contributed by atoms with Crippen molar-refractivity contribution in [2.75, 3.05) is 63.3 Å². The Hall–Kier alpha value is -1.98. The number of nitrogens with zero attached hydrogens (tertiary/aromatic N) is 3. The van der Waals surface area contributed by atoms with Crippen molar-refractivity contribution in [1.29, 1.82) is 0 Å². The molecule has 0 saturated carbocycles. The molecule has 0 amide bonds. The first-order valence-electron chi connectivity index (χ1n) is 10.2. The van der Waals surface area contributed by atoms with E-state index in [2.05, 4.69) is 42.4 Å². The number of anilines is 3. The number of halogens is 1. The maximum atomic E-state index is 11.1. The summed E-state index contributed by atoms with van der Waals surface area (Å²) in [6.07, 6.45) is 4.63. The van der Waals surface area contributed by atoms with Gasteiger partial charge in [-0.15, -0.1) is 0 Å². The highest BCUT2D eigenvalue weighted by Gasteiger charge is 2.14. The van der Waals surface area contributed by atoms with Gasteiger partial charge in [0.2, 0.25) is 16.0 Å². The van der Waals surface area contributed by atoms with E-state index in [0.717, 1.165) is 51.0 Å². The molecule has 3 rings (SSSR count). The van der Waals surface area contributed by atoms with E-state index in [4.69, 9.17) is 16.3 Å². The van der Waals surface area contributed by atoms with Crippen molar-refractivity contribution in [3.8, 4) is 0 Å². The summed E-state index contributed by atoms with van der Waals surface area (Å²) in [5.74, 6) is 0.858. The fraction of sp³-hybridized carbons (Fsp3) is 0.500. The Labute approximate surface area is 188 Å². The summed E-state index contributed by atoms with van der Waals surface area (Å²) in [5, 5.41) is 6.63. The molecule has 0 fully saturated rings. The van der Waals surface area contributed by atoms with Gasteiger partial charge in [-0.25, -0.2) is 18.1 Å². The molecule has 31 heavy (non-hydrogen) atoms. The summed E-state index contributed by atoms with van der Waals surface area (Å²) < 4.78 is 29.9. The summed E-state index contributed by atoms with van der Waals surface area (Å²) in [5.41, 5.74) is 3.60. The molecule has 9 nitrogen and oxygen atoms in total. The van der Waals surface area contributed by atoms with Crippen LogP contribution in [0.5, 0.6) is 0 Å². The van der Waals surface area contributed by atoms with Crippen molar-refractivity contribution >= 4 is 39.1 Å². The third kappa shape index (κ3) is 7.58. The van der Waals surface area contributed by atoms with Crippen LogP contribution in [0.15, 0.2) is 24.4 Å². The van der Waals surface area contributed by atoms with Crippen molar-refractivity contribution in [3.05, 3.63) is 40.5 Å². The second-order valence-electron chi connectivity index (χ2n) is 7.43. The van der Waals surface area contributed by atoms with E-state index in [0.29, 0.717) is 23.3 Å². The van der Waals surface area contributed by atoms with Crippen molar-refractivity contribution in [2.24, 2.45) is 0 Å². The highest BCUT2D eigenvalue weighted by Crippen LogP contribution is 2.24. The van der Waals surface area contributed by atoms with Crippen LogP contribution in [0.1, 0.15) is 11.1 Å². The first-order valence-corrected chi connectivity index (χ1v) is 12.4. The largest absolute Gasteiger partial charge is 0.383 e. The van der Waals surface area contributed by atoms with Gasteiger partial charge in [0.1, 0.15) is 5.02 Å². The fourth-order valence-corrected chi connectivity index (χ4v) is 4.02. The molecule has 0 radical (unpaired) electrons. The topological polar surface area (TPSA) is 108 Å². The Morgan fingerprint density at radius 3 is 2.71 bits per heavy atom. The van der Waals surface area contributed by atoms with E-state index in [9.17, 15) is 8.42 Å². The Morgan fingerprint density at radius 2 is 1.97 bits per heavy atom. The minimum atomic E-state index is -3.23. The Balaban J connectivity index is 1.62. The van der Waals surface area contributed by atoms with Gasteiger partial charge in [0.15, 0.2) is 5.82 Å². The molecule has 2 aromatic rings. The number of sulfonamides is 1. The monoisotopic (exact) mass is 468 g/mol. The van der Waals surface area contributed by atoms with Crippen molar-refractivity contribution in [1.82, 2.24) is 19.6 Å². The summed E-state index contributed by atoms with van der Waals surface area (Å²) in [6.45, 7) is 4.32. The van der Waals surface area contributed by atoms with Crippen molar-refractivity contribution in [2.45, 2.75) is 12.8 Å². The van der Waals surface area contributed by atoms with E-state index in [1.165, 1.54) is 17.3 Å². The molecule has 3 N–H and O–H groups in total. The van der Waals surface area contributed by atoms with Gasteiger partial charge in [-0.05, 0) is 36.1 Å². The summed E-state index contributed by atoms with van der Waals surface area (Å²) in [7, 11) is -1.50. The predicted octanol–water partition coefficient (Wildman–Crippen LogP) is 1.88. The highest BCUT2D eigenvalue weighted by atomic mass is 35.5. The van der Waals surface area contributed by atoms with Gasteiger partial charge in [0, 0.05) is 45.5 Å². The molecule has 0 saturated heterocycles. The van der Waals surface area contributed by atoms with E-state index in [1.807, 2.05) is 6.07 Å². The van der Waals surface area contributed by atoms with Crippen molar-refractivity contribution in [3.63, 3.8) is 0 Å². The van der Waals surface area contributed by atoms with Crippen molar-refractivity contribution < 1.29 is 13.2 Å². The van der Waals surface area contributed by atoms with Crippen LogP contribution in [-0.4, -0.2) is 76.0 Å². The number of ether oxygens (including phenoxy) is 1. The van der Waals surface area contributed by atoms with Crippen LogP contribution in [0.4, 0.5) is 17.5 Å². The second-order valence-corrected chi connectivity index (χ2v) is 9.67. The zero-order chi connectivity index (χ0) is 22.3. The molecule has 11 heteroatoms. The maximum Gasteiger partial charge on any atom is 0.229 e. The Bertz CT molecular complexity index is 989. The molecule has 1 aliphatic rings. The maximum absolute atomic E-state index is 11.1. The third-order valence-electron chi connectivity index (χ3n) is 4.99. The quantitative estimate of drug-likeness (QED) is 0.453. The van der Waals surface area contributed by atoms with E-state index in [-0.39, 0.29) is 6.54 Å². The van der Waals surface area contributed by atoms with E-state index < -0.39 is 10.0 Å². The lowest BCUT2D eigenvalue weighted by atomic mass is 10.0. The van der Waals surface area contributed by atoms with Gasteiger partial charge in [-0.3, -0.25) is 0 Å². The van der Waals surface area contributed by atoms with E-state index >= 15 is 0 Å². The minimum Gasteiger partial charge on any atom is -0.383 e. The molecule has 1 aromatic heterocycles. The Morgan fingerprint density at radius 1 is 1.19 bits per heavy atom. The summed E-state index contributed by atoms with van der Waals surface area (Å²) >= 11 is 6.16. The first-order chi connectivity index (χ1) is 14.8. The molecule has 0 spiro atoms. The normalized spacial score (nSPS) is 14.7. The number of methoxy groups -OCH3 is 1. The Kier molecular flexibility index (Phi) is 8.44. The third-order valence-corrected chi connectivity index (χ3v) is 6.00. The summed E-state index contributed by atoms with van der Waals surface area (Å²) in [6, 6.07) is 6.34. The molecule has 0 bridgehead atoms. The number of nitrogens with one attached hydrogen (secondary N) is 3. The highest BCUT2D eigenvalue weighted by molar-refractivity contribution is 7.88. The molecule has 1 aliphatic heterocycles. The van der Waals surface area contributed by atoms with Crippen LogP contribution < -0.4 is 15.4 Å². The van der Waals surface area contributed by atoms with Gasteiger partial charge >= 0.3 is 0 Å². The molecule has 0 unspecified atom stereocenters. The average Bonchev–Trinajstić information content (AvgIpc) is 2.93. The molecule has 170 valence electrons. The number of rotatable bonds is 10. The minimum absolute atomic E-state index is 0.230. The van der Waals surface area contributed by atoms with Gasteiger partial charge in [-0.2, -0.15) is 4.98 Å². The molecule has 0 aliphatic carbocycles. The fourth-order valence-electron chi connectivity index (χ4n) is 3.39. The van der Waals surface area contributed by atoms with Crippen LogP contribution in [-0.2, 0) is 27.6 Å². The zero-order valence-electron chi connectivity index (χ0n) is 17.8.